The van der Waals surface area contributed by atoms with Gasteiger partial charge in [0.25, 0.3) is 0 Å². The zero-order chi connectivity index (χ0) is 12.4. The lowest BCUT2D eigenvalue weighted by Gasteiger charge is -2.23. The van der Waals surface area contributed by atoms with Gasteiger partial charge < -0.3 is 5.32 Å². The van der Waals surface area contributed by atoms with Crippen LogP contribution < -0.4 is 5.32 Å². The van der Waals surface area contributed by atoms with Gasteiger partial charge in [0, 0.05) is 19.0 Å². The molecule has 1 heterocycles. The molecule has 0 aliphatic carbocycles. The second-order valence-corrected chi connectivity index (χ2v) is 7.61. The number of aromatic nitrogens is 2. The molecule has 5 nitrogen and oxygen atoms in total. The minimum Gasteiger partial charge on any atom is -0.367 e. The van der Waals surface area contributed by atoms with E-state index < -0.39 is 14.6 Å². The fourth-order valence-electron chi connectivity index (χ4n) is 0.870. The van der Waals surface area contributed by atoms with Gasteiger partial charge in [-0.15, -0.1) is 0 Å². The molecule has 7 heteroatoms. The summed E-state index contributed by atoms with van der Waals surface area (Å²) in [6.07, 6.45) is 4.23. The highest BCUT2D eigenvalue weighted by Crippen LogP contribution is 2.20. The van der Waals surface area contributed by atoms with Gasteiger partial charge in [0.05, 0.1) is 9.22 Å². The second-order valence-electron chi connectivity index (χ2n) is 4.10. The molecule has 1 rings (SSSR count). The molecular formula is C9H14BrN3O2S. The van der Waals surface area contributed by atoms with Crippen molar-refractivity contribution in [2.45, 2.75) is 18.6 Å². The summed E-state index contributed by atoms with van der Waals surface area (Å²) in [5.41, 5.74) is 0. The molecule has 0 aliphatic heterocycles. The Morgan fingerprint density at radius 1 is 1.50 bits per heavy atom. The van der Waals surface area contributed by atoms with Crippen LogP contribution in [0, 0.1) is 0 Å². The predicted molar refractivity (Wildman–Crippen MR) is 67.1 cm³/mol. The fourth-order valence-corrected chi connectivity index (χ4v) is 1.57. The number of sulfone groups is 1. The average molecular weight is 308 g/mol. The summed E-state index contributed by atoms with van der Waals surface area (Å²) in [6.45, 7) is 3.64. The van der Waals surface area contributed by atoms with E-state index >= 15 is 0 Å². The molecule has 16 heavy (non-hydrogen) atoms. The van der Waals surface area contributed by atoms with Crippen LogP contribution in [0.3, 0.4) is 0 Å². The van der Waals surface area contributed by atoms with E-state index in [1.807, 2.05) is 0 Å². The zero-order valence-corrected chi connectivity index (χ0v) is 11.8. The fraction of sp³-hybridized carbons (Fsp3) is 0.556. The van der Waals surface area contributed by atoms with E-state index in [1.54, 1.807) is 20.0 Å². The van der Waals surface area contributed by atoms with Crippen molar-refractivity contribution in [2.75, 3.05) is 18.1 Å². The molecule has 0 spiro atoms. The third-order valence-corrected chi connectivity index (χ3v) is 5.09. The molecule has 0 unspecified atom stereocenters. The van der Waals surface area contributed by atoms with E-state index in [0.717, 1.165) is 0 Å². The summed E-state index contributed by atoms with van der Waals surface area (Å²) < 4.78 is 22.8. The van der Waals surface area contributed by atoms with Crippen molar-refractivity contribution in [1.29, 1.82) is 0 Å². The summed E-state index contributed by atoms with van der Waals surface area (Å²) in [6, 6.07) is 0. The summed E-state index contributed by atoms with van der Waals surface area (Å²) in [4.78, 5) is 7.82. The molecule has 0 saturated heterocycles. The van der Waals surface area contributed by atoms with Crippen LogP contribution in [0.25, 0.3) is 0 Å². The minimum atomic E-state index is -3.11. The second kappa shape index (κ2) is 4.67. The number of anilines is 1. The van der Waals surface area contributed by atoms with Crippen molar-refractivity contribution in [3.05, 3.63) is 17.0 Å². The first kappa shape index (κ1) is 13.4. The first-order valence-electron chi connectivity index (χ1n) is 4.63. The number of nitrogens with zero attached hydrogens (tertiary/aromatic N) is 2. The van der Waals surface area contributed by atoms with E-state index in [1.165, 1.54) is 12.6 Å². The molecule has 0 aliphatic rings. The highest BCUT2D eigenvalue weighted by molar-refractivity contribution is 9.10. The smallest absolute Gasteiger partial charge is 0.154 e. The van der Waals surface area contributed by atoms with Crippen LogP contribution in [-0.2, 0) is 9.84 Å². The van der Waals surface area contributed by atoms with E-state index in [0.29, 0.717) is 16.8 Å². The van der Waals surface area contributed by atoms with Crippen molar-refractivity contribution < 1.29 is 8.42 Å². The Morgan fingerprint density at radius 3 is 2.62 bits per heavy atom. The Balaban J connectivity index is 2.77. The Bertz CT molecular complexity index is 473. The maximum atomic E-state index is 11.5. The van der Waals surface area contributed by atoms with Crippen molar-refractivity contribution >= 4 is 31.6 Å². The Morgan fingerprint density at radius 2 is 2.12 bits per heavy atom. The molecule has 1 aromatic rings. The lowest BCUT2D eigenvalue weighted by atomic mass is 10.2. The van der Waals surface area contributed by atoms with E-state index in [2.05, 4.69) is 31.2 Å². The van der Waals surface area contributed by atoms with Crippen molar-refractivity contribution in [3.63, 3.8) is 0 Å². The molecule has 0 fully saturated rings. The van der Waals surface area contributed by atoms with Gasteiger partial charge in [-0.25, -0.2) is 18.4 Å². The van der Waals surface area contributed by atoms with Gasteiger partial charge in [0.15, 0.2) is 9.84 Å². The lowest BCUT2D eigenvalue weighted by Crippen LogP contribution is -2.38. The van der Waals surface area contributed by atoms with Gasteiger partial charge >= 0.3 is 0 Å². The van der Waals surface area contributed by atoms with Gasteiger partial charge in [-0.3, -0.25) is 0 Å². The topological polar surface area (TPSA) is 72.0 Å². The zero-order valence-electron chi connectivity index (χ0n) is 9.36. The summed E-state index contributed by atoms with van der Waals surface area (Å²) >= 11 is 3.28. The molecule has 0 aromatic carbocycles. The SMILES string of the molecule is CC(C)(CNc1ncncc1Br)S(C)(=O)=O. The van der Waals surface area contributed by atoms with Gasteiger partial charge in [0.1, 0.15) is 12.1 Å². The van der Waals surface area contributed by atoms with Crippen LogP contribution in [-0.4, -0.2) is 35.9 Å². The molecule has 0 atom stereocenters. The quantitative estimate of drug-likeness (QED) is 0.912. The highest BCUT2D eigenvalue weighted by Gasteiger charge is 2.30. The van der Waals surface area contributed by atoms with Gasteiger partial charge in [0.2, 0.25) is 0 Å². The molecule has 1 N–H and O–H groups in total. The molecular weight excluding hydrogens is 294 g/mol. The Hall–Kier alpha value is -0.690. The molecule has 1 aromatic heterocycles. The van der Waals surface area contributed by atoms with Gasteiger partial charge in [-0.2, -0.15) is 0 Å². The molecule has 90 valence electrons. The van der Waals surface area contributed by atoms with Crippen LogP contribution >= 0.6 is 15.9 Å². The monoisotopic (exact) mass is 307 g/mol. The number of nitrogens with one attached hydrogen (secondary N) is 1. The Kier molecular flexibility index (Phi) is 3.90. The van der Waals surface area contributed by atoms with Crippen LogP contribution in [0.2, 0.25) is 0 Å². The summed E-state index contributed by atoms with van der Waals surface area (Å²) in [7, 11) is -3.11. The first-order valence-corrected chi connectivity index (χ1v) is 7.31. The maximum absolute atomic E-state index is 11.5. The normalized spacial score (nSPS) is 12.5. The van der Waals surface area contributed by atoms with Crippen molar-refractivity contribution in [3.8, 4) is 0 Å². The molecule has 0 saturated carbocycles. The van der Waals surface area contributed by atoms with Crippen molar-refractivity contribution in [2.24, 2.45) is 0 Å². The van der Waals surface area contributed by atoms with Crippen LogP contribution in [0.4, 0.5) is 5.82 Å². The van der Waals surface area contributed by atoms with Crippen LogP contribution in [0.1, 0.15) is 13.8 Å². The molecule has 0 radical (unpaired) electrons. The van der Waals surface area contributed by atoms with Crippen LogP contribution in [0.15, 0.2) is 17.0 Å². The first-order chi connectivity index (χ1) is 7.24. The number of halogens is 1. The maximum Gasteiger partial charge on any atom is 0.154 e. The minimum absolute atomic E-state index is 0.293. The Labute approximate surface area is 104 Å². The third-order valence-electron chi connectivity index (χ3n) is 2.35. The van der Waals surface area contributed by atoms with Gasteiger partial charge in [-0.1, -0.05) is 0 Å². The summed E-state index contributed by atoms with van der Waals surface area (Å²) in [5, 5.41) is 2.98. The molecule has 0 amide bonds. The van der Waals surface area contributed by atoms with E-state index in [-0.39, 0.29) is 0 Å². The molecule has 0 bridgehead atoms. The highest BCUT2D eigenvalue weighted by atomic mass is 79.9. The van der Waals surface area contributed by atoms with E-state index in [4.69, 9.17) is 0 Å². The van der Waals surface area contributed by atoms with Gasteiger partial charge in [-0.05, 0) is 29.8 Å². The predicted octanol–water partition coefficient (Wildman–Crippen LogP) is 1.47. The number of hydrogen-bond acceptors (Lipinski definition) is 5. The lowest BCUT2D eigenvalue weighted by molar-refractivity contribution is 0.559. The average Bonchev–Trinajstić information content (AvgIpc) is 2.15. The standard InChI is InChI=1S/C9H14BrN3O2S/c1-9(2,16(3,14)15)5-12-8-7(10)4-11-6-13-8/h4,6H,5H2,1-3H3,(H,11,12,13). The van der Waals surface area contributed by atoms with Crippen molar-refractivity contribution in [1.82, 2.24) is 9.97 Å². The number of hydrogen-bond donors (Lipinski definition) is 1. The third kappa shape index (κ3) is 3.15. The largest absolute Gasteiger partial charge is 0.367 e. The van der Waals surface area contributed by atoms with E-state index in [9.17, 15) is 8.42 Å². The number of rotatable bonds is 4. The van der Waals surface area contributed by atoms with Crippen LogP contribution in [0.5, 0.6) is 0 Å². The summed E-state index contributed by atoms with van der Waals surface area (Å²) in [5.74, 6) is 0.590.